The van der Waals surface area contributed by atoms with Crippen LogP contribution in [0.1, 0.15) is 96.3 Å². The molecule has 3 aliphatic rings. The number of fused-ring (bicyclic) bond motifs is 1. The molecule has 3 fully saturated rings. The summed E-state index contributed by atoms with van der Waals surface area (Å²) in [4.78, 5) is 33.9. The van der Waals surface area contributed by atoms with Gasteiger partial charge in [0.1, 0.15) is 6.10 Å². The van der Waals surface area contributed by atoms with Gasteiger partial charge in [-0.3, -0.25) is 20.2 Å². The number of rotatable bonds is 9. The van der Waals surface area contributed by atoms with Crippen LogP contribution in [0, 0.1) is 55.2 Å². The molecule has 1 aromatic rings. The minimum atomic E-state index is -0.798. The Labute approximate surface area is 255 Å². The zero-order valence-corrected chi connectivity index (χ0v) is 26.2. The Morgan fingerprint density at radius 1 is 1.05 bits per heavy atom. The molecule has 0 bridgehead atoms. The maximum Gasteiger partial charge on any atom is 0.338 e. The fourth-order valence-electron chi connectivity index (χ4n) is 7.11. The van der Waals surface area contributed by atoms with Crippen molar-refractivity contribution in [3.05, 3.63) is 91.6 Å². The average molecular weight is 591 g/mol. The molecule has 0 spiro atoms. The van der Waals surface area contributed by atoms with E-state index in [0.29, 0.717) is 54.3 Å². The lowest BCUT2D eigenvalue weighted by molar-refractivity contribution is -0.394. The lowest BCUT2D eigenvalue weighted by Gasteiger charge is -2.38. The molecule has 43 heavy (non-hydrogen) atoms. The standard InChI is InChI=1S/C35H46N2O6/c1-22(2)23(3)9-10-25(5)29-19-33-26(8-7-15-35(33,6)21-29)12-13-27-18-32(14-11-24(27)4)43-34(38)28-16-30(36(39)40)20-31(17-28)37(41)42/h9-10,12-13,16-17,20,22-23,25,29,32-33H,4,7-8,11,14-15,18-19,21H2,1-3,5-6H3/b10-9+,26-12-,27-13-/t23-,25+,29+,32-,33+,35+/m0/s1. The van der Waals surface area contributed by atoms with Crippen LogP contribution in [0.25, 0.3) is 0 Å². The molecule has 1 aromatic carbocycles. The molecule has 0 amide bonds. The highest BCUT2D eigenvalue weighted by Crippen LogP contribution is 2.58. The zero-order chi connectivity index (χ0) is 31.5. The number of nitro benzene ring substituents is 2. The topological polar surface area (TPSA) is 113 Å². The van der Waals surface area contributed by atoms with Crippen molar-refractivity contribution >= 4 is 17.3 Å². The molecule has 3 aliphatic carbocycles. The Hall–Kier alpha value is -3.55. The molecule has 6 atom stereocenters. The van der Waals surface area contributed by atoms with Gasteiger partial charge in [-0.2, -0.15) is 0 Å². The van der Waals surface area contributed by atoms with Crippen molar-refractivity contribution in [2.24, 2.45) is 35.0 Å². The molecule has 0 unspecified atom stereocenters. The van der Waals surface area contributed by atoms with Crippen molar-refractivity contribution in [3.63, 3.8) is 0 Å². The third-order valence-electron chi connectivity index (χ3n) is 10.3. The number of carbonyl (C=O) groups excluding carboxylic acids is 1. The largest absolute Gasteiger partial charge is 0.458 e. The molecule has 0 saturated heterocycles. The molecule has 0 aliphatic heterocycles. The predicted molar refractivity (Wildman–Crippen MR) is 169 cm³/mol. The monoisotopic (exact) mass is 590 g/mol. The summed E-state index contributed by atoms with van der Waals surface area (Å²) in [5, 5.41) is 22.5. The highest BCUT2D eigenvalue weighted by atomic mass is 16.6. The van der Waals surface area contributed by atoms with E-state index in [1.807, 2.05) is 0 Å². The van der Waals surface area contributed by atoms with Gasteiger partial charge in [-0.25, -0.2) is 4.79 Å². The smallest absolute Gasteiger partial charge is 0.338 e. The van der Waals surface area contributed by atoms with Gasteiger partial charge in [-0.05, 0) is 85.5 Å². The number of allylic oxidation sites excluding steroid dienone is 6. The Balaban J connectivity index is 1.46. The first kappa shape index (κ1) is 32.4. The number of non-ortho nitro benzene ring substituents is 2. The van der Waals surface area contributed by atoms with Gasteiger partial charge in [-0.15, -0.1) is 0 Å². The van der Waals surface area contributed by atoms with Gasteiger partial charge >= 0.3 is 5.97 Å². The molecule has 0 aromatic heterocycles. The van der Waals surface area contributed by atoms with Crippen molar-refractivity contribution in [2.45, 2.75) is 92.1 Å². The van der Waals surface area contributed by atoms with Crippen LogP contribution >= 0.6 is 0 Å². The van der Waals surface area contributed by atoms with Gasteiger partial charge in [0, 0.05) is 18.6 Å². The third kappa shape index (κ3) is 7.70. The van der Waals surface area contributed by atoms with Crippen LogP contribution in [-0.4, -0.2) is 21.9 Å². The molecule has 232 valence electrons. The van der Waals surface area contributed by atoms with E-state index in [9.17, 15) is 25.0 Å². The molecule has 0 N–H and O–H groups in total. The summed E-state index contributed by atoms with van der Waals surface area (Å²) in [6.07, 6.45) is 16.6. The average Bonchev–Trinajstić information content (AvgIpc) is 3.33. The SMILES string of the molecule is C=C1CC[C@H](OC(=O)c2cc([N+](=O)[O-])cc([N+](=O)[O-])c2)C/C1=C/C=C1/CCC[C@]2(C)C[C@H]([C@H](C)/C=C/[C@H](C)C(C)C)C[C@H]12. The second-order valence-electron chi connectivity index (χ2n) is 13.7. The molecule has 8 heteroatoms. The molecule has 0 heterocycles. The maximum absolute atomic E-state index is 12.9. The summed E-state index contributed by atoms with van der Waals surface area (Å²) in [5.41, 5.74) is 2.66. The molecule has 4 rings (SSSR count). The number of nitro groups is 2. The number of ether oxygens (including phenoxy) is 1. The van der Waals surface area contributed by atoms with Crippen molar-refractivity contribution in [1.29, 1.82) is 0 Å². The molecular weight excluding hydrogens is 544 g/mol. The summed E-state index contributed by atoms with van der Waals surface area (Å²) < 4.78 is 5.70. The first-order chi connectivity index (χ1) is 20.3. The van der Waals surface area contributed by atoms with Crippen LogP contribution < -0.4 is 0 Å². The van der Waals surface area contributed by atoms with Crippen molar-refractivity contribution in [1.82, 2.24) is 0 Å². The van der Waals surface area contributed by atoms with Crippen LogP contribution in [0.15, 0.2) is 65.8 Å². The minimum Gasteiger partial charge on any atom is -0.458 e. The van der Waals surface area contributed by atoms with E-state index in [-0.39, 0.29) is 5.56 Å². The van der Waals surface area contributed by atoms with Gasteiger partial charge in [0.15, 0.2) is 0 Å². The minimum absolute atomic E-state index is 0.196. The second kappa shape index (κ2) is 13.4. The third-order valence-corrected chi connectivity index (χ3v) is 10.3. The number of benzene rings is 1. The van der Waals surface area contributed by atoms with Crippen LogP contribution in [-0.2, 0) is 4.74 Å². The van der Waals surface area contributed by atoms with Crippen LogP contribution in [0.4, 0.5) is 11.4 Å². The zero-order valence-electron chi connectivity index (χ0n) is 26.2. The second-order valence-corrected chi connectivity index (χ2v) is 13.7. The van der Waals surface area contributed by atoms with E-state index in [1.165, 1.54) is 31.3 Å². The van der Waals surface area contributed by atoms with Crippen molar-refractivity contribution in [2.75, 3.05) is 0 Å². The van der Waals surface area contributed by atoms with Gasteiger partial charge in [0.2, 0.25) is 0 Å². The van der Waals surface area contributed by atoms with E-state index < -0.39 is 33.3 Å². The number of carbonyl (C=O) groups is 1. The lowest BCUT2D eigenvalue weighted by atomic mass is 9.67. The fourth-order valence-corrected chi connectivity index (χ4v) is 7.11. The van der Waals surface area contributed by atoms with Gasteiger partial charge in [0.05, 0.1) is 21.5 Å². The van der Waals surface area contributed by atoms with E-state index in [2.05, 4.69) is 65.5 Å². The normalized spacial score (nSPS) is 29.2. The summed E-state index contributed by atoms with van der Waals surface area (Å²) in [7, 11) is 0. The van der Waals surface area contributed by atoms with Crippen molar-refractivity contribution in [3.8, 4) is 0 Å². The van der Waals surface area contributed by atoms with E-state index in [0.717, 1.165) is 35.8 Å². The fraction of sp³-hybridized carbons (Fsp3) is 0.571. The first-order valence-corrected chi connectivity index (χ1v) is 15.7. The highest BCUT2D eigenvalue weighted by molar-refractivity contribution is 5.91. The summed E-state index contributed by atoms with van der Waals surface area (Å²) in [6.45, 7) is 15.9. The Morgan fingerprint density at radius 3 is 2.35 bits per heavy atom. The summed E-state index contributed by atoms with van der Waals surface area (Å²) in [5.74, 6) is 2.24. The van der Waals surface area contributed by atoms with E-state index >= 15 is 0 Å². The summed E-state index contributed by atoms with van der Waals surface area (Å²) in [6, 6.07) is 2.88. The van der Waals surface area contributed by atoms with Gasteiger partial charge < -0.3 is 4.74 Å². The Bertz CT molecular complexity index is 1330. The Kier molecular flexibility index (Phi) is 10.1. The predicted octanol–water partition coefficient (Wildman–Crippen LogP) is 9.32. The number of hydrogen-bond acceptors (Lipinski definition) is 6. The Morgan fingerprint density at radius 2 is 1.72 bits per heavy atom. The van der Waals surface area contributed by atoms with Crippen molar-refractivity contribution < 1.29 is 19.4 Å². The lowest BCUT2D eigenvalue weighted by Crippen LogP contribution is -2.27. The maximum atomic E-state index is 12.9. The molecule has 8 nitrogen and oxygen atoms in total. The van der Waals surface area contributed by atoms with E-state index in [1.54, 1.807) is 0 Å². The number of esters is 1. The number of hydrogen-bond donors (Lipinski definition) is 0. The molecular formula is C35H46N2O6. The van der Waals surface area contributed by atoms with Crippen LogP contribution in [0.3, 0.4) is 0 Å². The number of nitrogens with zero attached hydrogens (tertiary/aromatic N) is 2. The quantitative estimate of drug-likeness (QED) is 0.123. The summed E-state index contributed by atoms with van der Waals surface area (Å²) >= 11 is 0. The van der Waals surface area contributed by atoms with E-state index in [4.69, 9.17) is 4.74 Å². The van der Waals surface area contributed by atoms with Gasteiger partial charge in [0.25, 0.3) is 11.4 Å². The van der Waals surface area contributed by atoms with Crippen LogP contribution in [0.2, 0.25) is 0 Å². The molecule has 0 radical (unpaired) electrons. The molecule has 3 saturated carbocycles. The van der Waals surface area contributed by atoms with Gasteiger partial charge in [-0.1, -0.05) is 76.6 Å². The first-order valence-electron chi connectivity index (χ1n) is 15.7. The van der Waals surface area contributed by atoms with Crippen LogP contribution in [0.5, 0.6) is 0 Å². The highest BCUT2D eigenvalue weighted by Gasteiger charge is 2.47.